The highest BCUT2D eigenvalue weighted by atomic mass is 35.5. The Labute approximate surface area is 235 Å². The molecule has 2 aliphatic heterocycles. The van der Waals surface area contributed by atoms with E-state index < -0.39 is 5.60 Å². The molecule has 3 fully saturated rings. The van der Waals surface area contributed by atoms with Gasteiger partial charge in [0.05, 0.1) is 17.3 Å². The Kier molecular flexibility index (Phi) is 7.76. The lowest BCUT2D eigenvalue weighted by atomic mass is 10.00. The first-order chi connectivity index (χ1) is 18.6. The number of piperazine rings is 1. The summed E-state index contributed by atoms with van der Waals surface area (Å²) < 4.78 is 5.63. The standard InChI is InChI=1S/C30H37ClN4O4/c1-30(2,3)39-29(38)34-16-17-35(26(19-34)20-8-10-22(31)11-9-20)28(37)24-13-12-23(32-27(36)21-6-7-21)18-25(24)33-14-4-5-15-33/h8-13,18,21,26H,4-7,14-17,19H2,1-3H3,(H,32,36). The van der Waals surface area contributed by atoms with E-state index >= 15 is 0 Å². The molecule has 3 amide bonds. The van der Waals surface area contributed by atoms with Crippen LogP contribution in [0.25, 0.3) is 0 Å². The largest absolute Gasteiger partial charge is 0.444 e. The smallest absolute Gasteiger partial charge is 0.410 e. The fourth-order valence-corrected chi connectivity index (χ4v) is 5.37. The summed E-state index contributed by atoms with van der Waals surface area (Å²) >= 11 is 6.16. The predicted octanol–water partition coefficient (Wildman–Crippen LogP) is 5.72. The highest BCUT2D eigenvalue weighted by molar-refractivity contribution is 6.30. The number of anilines is 2. The van der Waals surface area contributed by atoms with Gasteiger partial charge in [0.15, 0.2) is 0 Å². The number of carbonyl (C=O) groups is 3. The maximum absolute atomic E-state index is 14.2. The second kappa shape index (κ2) is 11.1. The molecule has 1 N–H and O–H groups in total. The second-order valence-corrected chi connectivity index (χ2v) is 12.1. The first-order valence-electron chi connectivity index (χ1n) is 13.8. The third-order valence-electron chi connectivity index (χ3n) is 7.44. The van der Waals surface area contributed by atoms with Gasteiger partial charge in [-0.15, -0.1) is 0 Å². The van der Waals surface area contributed by atoms with Crippen LogP contribution in [0.5, 0.6) is 0 Å². The number of carbonyl (C=O) groups excluding carboxylic acids is 3. The Morgan fingerprint density at radius 1 is 0.949 bits per heavy atom. The Morgan fingerprint density at radius 3 is 2.28 bits per heavy atom. The predicted molar refractivity (Wildman–Crippen MR) is 152 cm³/mol. The van der Waals surface area contributed by atoms with Crippen molar-refractivity contribution in [2.45, 2.75) is 58.1 Å². The van der Waals surface area contributed by atoms with Crippen molar-refractivity contribution in [1.82, 2.24) is 9.80 Å². The molecule has 1 atom stereocenters. The normalized spacial score (nSPS) is 19.7. The first kappa shape index (κ1) is 27.3. The molecule has 2 aromatic carbocycles. The van der Waals surface area contributed by atoms with Gasteiger partial charge in [-0.3, -0.25) is 9.59 Å². The molecule has 5 rings (SSSR count). The molecule has 0 aromatic heterocycles. The summed E-state index contributed by atoms with van der Waals surface area (Å²) in [7, 11) is 0. The molecule has 8 nitrogen and oxygen atoms in total. The summed E-state index contributed by atoms with van der Waals surface area (Å²) in [5.74, 6) is 0.0474. The van der Waals surface area contributed by atoms with E-state index in [2.05, 4.69) is 10.2 Å². The van der Waals surface area contributed by atoms with Gasteiger partial charge in [0.1, 0.15) is 5.60 Å². The molecular weight excluding hydrogens is 516 g/mol. The topological polar surface area (TPSA) is 82.2 Å². The lowest BCUT2D eigenvalue weighted by molar-refractivity contribution is -0.117. The monoisotopic (exact) mass is 552 g/mol. The Hall–Kier alpha value is -3.26. The van der Waals surface area contributed by atoms with Gasteiger partial charge in [-0.2, -0.15) is 0 Å². The van der Waals surface area contributed by atoms with E-state index in [-0.39, 0.29) is 29.9 Å². The molecule has 0 radical (unpaired) electrons. The van der Waals surface area contributed by atoms with Crippen LogP contribution in [0.1, 0.15) is 68.4 Å². The van der Waals surface area contributed by atoms with Crippen molar-refractivity contribution in [2.24, 2.45) is 5.92 Å². The van der Waals surface area contributed by atoms with Gasteiger partial charge < -0.3 is 24.8 Å². The summed E-state index contributed by atoms with van der Waals surface area (Å²) in [5.41, 5.74) is 2.45. The van der Waals surface area contributed by atoms with Crippen LogP contribution in [-0.2, 0) is 9.53 Å². The van der Waals surface area contributed by atoms with Crippen molar-refractivity contribution >= 4 is 40.9 Å². The Morgan fingerprint density at radius 2 is 1.64 bits per heavy atom. The van der Waals surface area contributed by atoms with E-state index in [1.54, 1.807) is 17.0 Å². The number of hydrogen-bond acceptors (Lipinski definition) is 5. The van der Waals surface area contributed by atoms with Crippen LogP contribution in [0.2, 0.25) is 5.02 Å². The van der Waals surface area contributed by atoms with Crippen LogP contribution < -0.4 is 10.2 Å². The fourth-order valence-electron chi connectivity index (χ4n) is 5.24. The highest BCUT2D eigenvalue weighted by Crippen LogP contribution is 2.35. The molecule has 2 saturated heterocycles. The average molecular weight is 553 g/mol. The lowest BCUT2D eigenvalue weighted by Crippen LogP contribution is -2.53. The summed E-state index contributed by atoms with van der Waals surface area (Å²) in [6.45, 7) is 8.33. The van der Waals surface area contributed by atoms with Gasteiger partial charge in [0.2, 0.25) is 5.91 Å². The van der Waals surface area contributed by atoms with Crippen LogP contribution in [0.3, 0.4) is 0 Å². The maximum Gasteiger partial charge on any atom is 0.410 e. The molecular formula is C30H37ClN4O4. The van der Waals surface area contributed by atoms with E-state index in [9.17, 15) is 14.4 Å². The number of nitrogens with zero attached hydrogens (tertiary/aromatic N) is 3. The van der Waals surface area contributed by atoms with Crippen molar-refractivity contribution in [3.63, 3.8) is 0 Å². The molecule has 0 spiro atoms. The molecule has 1 aliphatic carbocycles. The van der Waals surface area contributed by atoms with Crippen LogP contribution in [0.4, 0.5) is 16.2 Å². The fraction of sp³-hybridized carbons (Fsp3) is 0.500. The van der Waals surface area contributed by atoms with Crippen molar-refractivity contribution < 1.29 is 19.1 Å². The molecule has 9 heteroatoms. The molecule has 3 aliphatic rings. The van der Waals surface area contributed by atoms with E-state index in [1.807, 2.05) is 56.0 Å². The van der Waals surface area contributed by atoms with Gasteiger partial charge in [0.25, 0.3) is 5.91 Å². The van der Waals surface area contributed by atoms with Crippen molar-refractivity contribution in [2.75, 3.05) is 42.9 Å². The van der Waals surface area contributed by atoms with E-state index in [0.717, 1.165) is 50.0 Å². The molecule has 208 valence electrons. The minimum Gasteiger partial charge on any atom is -0.444 e. The van der Waals surface area contributed by atoms with E-state index in [4.69, 9.17) is 16.3 Å². The van der Waals surface area contributed by atoms with Gasteiger partial charge >= 0.3 is 6.09 Å². The number of hydrogen-bond donors (Lipinski definition) is 1. The van der Waals surface area contributed by atoms with Gasteiger partial charge in [0, 0.05) is 49.4 Å². The van der Waals surface area contributed by atoms with Crippen LogP contribution in [-0.4, -0.2) is 66.0 Å². The van der Waals surface area contributed by atoms with Gasteiger partial charge in [-0.1, -0.05) is 23.7 Å². The molecule has 39 heavy (non-hydrogen) atoms. The van der Waals surface area contributed by atoms with Crippen molar-refractivity contribution in [1.29, 1.82) is 0 Å². The van der Waals surface area contributed by atoms with Gasteiger partial charge in [-0.05, 0) is 82.3 Å². The molecule has 1 unspecified atom stereocenters. The molecule has 2 heterocycles. The zero-order valence-corrected chi connectivity index (χ0v) is 23.7. The Balaban J connectivity index is 1.44. The highest BCUT2D eigenvalue weighted by Gasteiger charge is 2.37. The summed E-state index contributed by atoms with van der Waals surface area (Å²) in [4.78, 5) is 45.3. The SMILES string of the molecule is CC(C)(C)OC(=O)N1CCN(C(=O)c2ccc(NC(=O)C3CC3)cc2N2CCCC2)C(c2ccc(Cl)cc2)C1. The third-order valence-corrected chi connectivity index (χ3v) is 7.69. The van der Waals surface area contributed by atoms with Crippen molar-refractivity contribution in [3.8, 4) is 0 Å². The number of ether oxygens (including phenoxy) is 1. The van der Waals surface area contributed by atoms with E-state index in [0.29, 0.717) is 35.9 Å². The average Bonchev–Trinajstić information content (AvgIpc) is 3.61. The maximum atomic E-state index is 14.2. The zero-order valence-electron chi connectivity index (χ0n) is 22.9. The minimum atomic E-state index is -0.610. The lowest BCUT2D eigenvalue weighted by Gasteiger charge is -2.42. The molecule has 0 bridgehead atoms. The van der Waals surface area contributed by atoms with Crippen LogP contribution in [0, 0.1) is 5.92 Å². The Bertz CT molecular complexity index is 1230. The number of benzene rings is 2. The van der Waals surface area contributed by atoms with Crippen molar-refractivity contribution in [3.05, 3.63) is 58.6 Å². The number of nitrogens with one attached hydrogen (secondary N) is 1. The van der Waals surface area contributed by atoms with E-state index in [1.165, 1.54) is 0 Å². The summed E-state index contributed by atoms with van der Waals surface area (Å²) in [5, 5.41) is 3.64. The quantitative estimate of drug-likeness (QED) is 0.513. The van der Waals surface area contributed by atoms with Crippen LogP contribution in [0.15, 0.2) is 42.5 Å². The third kappa shape index (κ3) is 6.49. The van der Waals surface area contributed by atoms with Gasteiger partial charge in [-0.25, -0.2) is 4.79 Å². The summed E-state index contributed by atoms with van der Waals surface area (Å²) in [6.07, 6.45) is 3.61. The molecule has 1 saturated carbocycles. The first-order valence-corrected chi connectivity index (χ1v) is 14.2. The summed E-state index contributed by atoms with van der Waals surface area (Å²) in [6, 6.07) is 12.6. The second-order valence-electron chi connectivity index (χ2n) is 11.7. The number of rotatable bonds is 5. The minimum absolute atomic E-state index is 0.0440. The zero-order chi connectivity index (χ0) is 27.7. The number of amides is 3. The van der Waals surface area contributed by atoms with Crippen LogP contribution >= 0.6 is 11.6 Å². The molecule has 2 aromatic rings. The number of halogens is 1.